The molecule has 1 atom stereocenters. The fraction of sp³-hybridized carbons (Fsp3) is 0.600. The van der Waals surface area contributed by atoms with Crippen LogP contribution in [0.1, 0.15) is 92.9 Å². The zero-order chi connectivity index (χ0) is 18.7. The van der Waals surface area contributed by atoms with Crippen molar-refractivity contribution in [1.82, 2.24) is 0 Å². The fourth-order valence-electron chi connectivity index (χ4n) is 3.32. The van der Waals surface area contributed by atoms with Crippen molar-refractivity contribution in [3.63, 3.8) is 0 Å². The van der Waals surface area contributed by atoms with E-state index in [2.05, 4.69) is 71.9 Å². The van der Waals surface area contributed by atoms with Gasteiger partial charge in [-0.1, -0.05) is 58.2 Å². The van der Waals surface area contributed by atoms with Crippen LogP contribution in [-0.2, 0) is 0 Å². The SMILES string of the molecule is CC(C)=CC/C=C(\C)[C@H]1CC=C(C)CCC=C(C)CCC=C(C)CC1. The molecular formula is C25H40. The molecule has 0 saturated heterocycles. The van der Waals surface area contributed by atoms with Crippen LogP contribution in [0.4, 0.5) is 0 Å². The molecule has 140 valence electrons. The zero-order valence-corrected chi connectivity index (χ0v) is 17.6. The molecule has 0 saturated carbocycles. The van der Waals surface area contributed by atoms with Crippen molar-refractivity contribution in [2.24, 2.45) is 5.92 Å². The lowest BCUT2D eigenvalue weighted by atomic mass is 9.88. The molecule has 0 bridgehead atoms. The Morgan fingerprint density at radius 1 is 0.840 bits per heavy atom. The molecule has 1 rings (SSSR count). The van der Waals surface area contributed by atoms with Crippen molar-refractivity contribution in [2.45, 2.75) is 92.9 Å². The molecule has 0 fully saturated rings. The Kier molecular flexibility index (Phi) is 10.5. The van der Waals surface area contributed by atoms with E-state index >= 15 is 0 Å². The molecule has 0 amide bonds. The topological polar surface area (TPSA) is 0 Å². The second kappa shape index (κ2) is 12.1. The molecule has 0 nitrogen and oxygen atoms in total. The van der Waals surface area contributed by atoms with E-state index in [1.165, 1.54) is 50.5 Å². The third-order valence-corrected chi connectivity index (χ3v) is 5.31. The van der Waals surface area contributed by atoms with Crippen LogP contribution >= 0.6 is 0 Å². The van der Waals surface area contributed by atoms with Gasteiger partial charge in [0.1, 0.15) is 0 Å². The van der Waals surface area contributed by atoms with Gasteiger partial charge in [0.15, 0.2) is 0 Å². The first kappa shape index (κ1) is 21.7. The van der Waals surface area contributed by atoms with Crippen molar-refractivity contribution in [3.8, 4) is 0 Å². The minimum Gasteiger partial charge on any atom is -0.0853 e. The highest BCUT2D eigenvalue weighted by Gasteiger charge is 2.10. The first-order valence-corrected chi connectivity index (χ1v) is 10.2. The monoisotopic (exact) mass is 340 g/mol. The second-order valence-electron chi connectivity index (χ2n) is 8.17. The van der Waals surface area contributed by atoms with Gasteiger partial charge < -0.3 is 0 Å². The minimum absolute atomic E-state index is 0.684. The summed E-state index contributed by atoms with van der Waals surface area (Å²) in [5, 5.41) is 0. The normalized spacial score (nSPS) is 21.6. The first-order valence-electron chi connectivity index (χ1n) is 10.2. The van der Waals surface area contributed by atoms with E-state index in [-0.39, 0.29) is 0 Å². The van der Waals surface area contributed by atoms with Crippen molar-refractivity contribution >= 4 is 0 Å². The van der Waals surface area contributed by atoms with E-state index in [1.807, 2.05) is 0 Å². The standard InChI is InChI=1S/C25H40/c1-20(2)10-7-15-24(6)25-18-16-22(4)13-8-11-21(3)12-9-14-23(5)17-19-25/h10-11,14-16,25H,7-9,12-13,17-19H2,1-6H3/b21-11?,22-16?,23-14?,24-15+/t25-/m0/s1. The molecule has 0 aromatic carbocycles. The molecule has 0 aromatic rings. The van der Waals surface area contributed by atoms with Gasteiger partial charge in [0, 0.05) is 0 Å². The zero-order valence-electron chi connectivity index (χ0n) is 17.6. The summed E-state index contributed by atoms with van der Waals surface area (Å²) < 4.78 is 0. The van der Waals surface area contributed by atoms with Crippen LogP contribution in [0.5, 0.6) is 0 Å². The number of allylic oxidation sites excluding steroid dienone is 10. The average molecular weight is 341 g/mol. The van der Waals surface area contributed by atoms with Crippen molar-refractivity contribution in [1.29, 1.82) is 0 Å². The van der Waals surface area contributed by atoms with Crippen LogP contribution in [0.2, 0.25) is 0 Å². The molecule has 1 aliphatic carbocycles. The lowest BCUT2D eigenvalue weighted by molar-refractivity contribution is 0.560. The van der Waals surface area contributed by atoms with E-state index in [4.69, 9.17) is 0 Å². The maximum atomic E-state index is 2.50. The highest BCUT2D eigenvalue weighted by molar-refractivity contribution is 5.13. The summed E-state index contributed by atoms with van der Waals surface area (Å²) >= 11 is 0. The Balaban J connectivity index is 2.86. The molecule has 0 spiro atoms. The summed E-state index contributed by atoms with van der Waals surface area (Å²) in [5.74, 6) is 0.684. The van der Waals surface area contributed by atoms with Crippen molar-refractivity contribution in [3.05, 3.63) is 58.2 Å². The van der Waals surface area contributed by atoms with Crippen LogP contribution in [0.25, 0.3) is 0 Å². The Morgan fingerprint density at radius 3 is 2.00 bits per heavy atom. The molecular weight excluding hydrogens is 300 g/mol. The van der Waals surface area contributed by atoms with Crippen LogP contribution in [0.15, 0.2) is 58.2 Å². The smallest absolute Gasteiger partial charge is 0.0164 e. The van der Waals surface area contributed by atoms with E-state index in [0.717, 1.165) is 6.42 Å². The highest BCUT2D eigenvalue weighted by atomic mass is 14.2. The molecule has 0 heteroatoms. The van der Waals surface area contributed by atoms with Crippen LogP contribution < -0.4 is 0 Å². The molecule has 0 aliphatic heterocycles. The Labute approximate surface area is 157 Å². The van der Waals surface area contributed by atoms with Crippen molar-refractivity contribution < 1.29 is 0 Å². The van der Waals surface area contributed by atoms with Crippen LogP contribution in [-0.4, -0.2) is 0 Å². The van der Waals surface area contributed by atoms with Gasteiger partial charge in [0.25, 0.3) is 0 Å². The van der Waals surface area contributed by atoms with E-state index in [1.54, 1.807) is 22.3 Å². The van der Waals surface area contributed by atoms with E-state index in [9.17, 15) is 0 Å². The summed E-state index contributed by atoms with van der Waals surface area (Å²) in [5.41, 5.74) is 7.64. The van der Waals surface area contributed by atoms with Gasteiger partial charge in [-0.25, -0.2) is 0 Å². The molecule has 0 unspecified atom stereocenters. The maximum Gasteiger partial charge on any atom is -0.0164 e. The third kappa shape index (κ3) is 10.3. The fourth-order valence-corrected chi connectivity index (χ4v) is 3.32. The van der Waals surface area contributed by atoms with E-state index in [0.29, 0.717) is 5.92 Å². The van der Waals surface area contributed by atoms with Crippen LogP contribution in [0, 0.1) is 5.92 Å². The van der Waals surface area contributed by atoms with Gasteiger partial charge >= 0.3 is 0 Å². The van der Waals surface area contributed by atoms with Crippen molar-refractivity contribution in [2.75, 3.05) is 0 Å². The highest BCUT2D eigenvalue weighted by Crippen LogP contribution is 2.26. The Morgan fingerprint density at radius 2 is 1.40 bits per heavy atom. The predicted octanol–water partition coefficient (Wildman–Crippen LogP) is 8.49. The first-order chi connectivity index (χ1) is 11.9. The summed E-state index contributed by atoms with van der Waals surface area (Å²) in [4.78, 5) is 0. The number of rotatable bonds is 3. The minimum atomic E-state index is 0.684. The molecule has 0 radical (unpaired) electrons. The largest absolute Gasteiger partial charge is 0.0853 e. The average Bonchev–Trinajstić information content (AvgIpc) is 2.53. The number of hydrogen-bond acceptors (Lipinski definition) is 0. The summed E-state index contributed by atoms with van der Waals surface area (Å²) in [6.45, 7) is 13.6. The Bertz CT molecular complexity index is 545. The second-order valence-corrected chi connectivity index (χ2v) is 8.17. The summed E-state index contributed by atoms with van der Waals surface area (Å²) in [6.07, 6.45) is 21.7. The molecule has 0 N–H and O–H groups in total. The molecule has 1 aliphatic rings. The molecule has 25 heavy (non-hydrogen) atoms. The van der Waals surface area contributed by atoms with E-state index < -0.39 is 0 Å². The third-order valence-electron chi connectivity index (χ3n) is 5.31. The Hall–Kier alpha value is -1.30. The van der Waals surface area contributed by atoms with Gasteiger partial charge in [-0.3, -0.25) is 0 Å². The summed E-state index contributed by atoms with van der Waals surface area (Å²) in [7, 11) is 0. The van der Waals surface area contributed by atoms with Crippen LogP contribution in [0.3, 0.4) is 0 Å². The quantitative estimate of drug-likeness (QED) is 0.452. The lowest BCUT2D eigenvalue weighted by Gasteiger charge is -2.18. The molecule has 0 aromatic heterocycles. The molecule has 0 heterocycles. The lowest BCUT2D eigenvalue weighted by Crippen LogP contribution is -2.02. The van der Waals surface area contributed by atoms with Gasteiger partial charge in [-0.15, -0.1) is 0 Å². The summed E-state index contributed by atoms with van der Waals surface area (Å²) in [6, 6.07) is 0. The number of hydrogen-bond donors (Lipinski definition) is 0. The van der Waals surface area contributed by atoms with Gasteiger partial charge in [-0.05, 0) is 98.8 Å². The maximum absolute atomic E-state index is 2.50. The van der Waals surface area contributed by atoms with Gasteiger partial charge in [-0.2, -0.15) is 0 Å². The van der Waals surface area contributed by atoms with Gasteiger partial charge in [0.05, 0.1) is 0 Å². The predicted molar refractivity (Wildman–Crippen MR) is 115 cm³/mol. The van der Waals surface area contributed by atoms with Gasteiger partial charge in [0.2, 0.25) is 0 Å².